The Bertz CT molecular complexity index is 1710. The first kappa shape index (κ1) is 30.3. The van der Waals surface area contributed by atoms with Crippen molar-refractivity contribution < 1.29 is 32.2 Å². The number of para-hydroxylation sites is 1. The van der Waals surface area contributed by atoms with E-state index < -0.39 is 17.6 Å². The van der Waals surface area contributed by atoms with Crippen molar-refractivity contribution in [3.63, 3.8) is 0 Å². The summed E-state index contributed by atoms with van der Waals surface area (Å²) in [5, 5.41) is 2.93. The van der Waals surface area contributed by atoms with E-state index in [0.29, 0.717) is 47.5 Å². The molecule has 0 spiro atoms. The van der Waals surface area contributed by atoms with Crippen LogP contribution in [0.4, 0.5) is 24.0 Å². The number of carbonyl (C=O) groups excluding carboxylic acids is 2. The van der Waals surface area contributed by atoms with Crippen molar-refractivity contribution in [3.05, 3.63) is 105 Å². The zero-order valence-electron chi connectivity index (χ0n) is 22.4. The molecule has 220 valence electrons. The number of methoxy groups -OCH3 is 1. The van der Waals surface area contributed by atoms with Gasteiger partial charge in [0.25, 0.3) is 11.8 Å². The molecule has 1 aromatic heterocycles. The zero-order chi connectivity index (χ0) is 30.6. The van der Waals surface area contributed by atoms with Crippen LogP contribution < -0.4 is 19.7 Å². The summed E-state index contributed by atoms with van der Waals surface area (Å²) in [4.78, 5) is 32.3. The second-order valence-electron chi connectivity index (χ2n) is 9.11. The van der Waals surface area contributed by atoms with E-state index in [1.165, 1.54) is 36.0 Å². The molecule has 13 heteroatoms. The Morgan fingerprint density at radius 2 is 1.86 bits per heavy atom. The number of thiocarbonyl (C=S) groups is 1. The number of carbonyl (C=O) groups is 2. The number of nitrogens with zero attached hydrogens (tertiary/aromatic N) is 2. The average Bonchev–Trinajstić information content (AvgIpc) is 3.54. The Morgan fingerprint density at radius 1 is 1.07 bits per heavy atom. The van der Waals surface area contributed by atoms with Crippen molar-refractivity contribution in [1.29, 1.82) is 0 Å². The van der Waals surface area contributed by atoms with Crippen LogP contribution in [0, 0.1) is 0 Å². The van der Waals surface area contributed by atoms with Gasteiger partial charge in [0.15, 0.2) is 27.6 Å². The number of ether oxygens (including phenoxy) is 2. The monoisotopic (exact) mass is 641 g/mol. The molecular weight excluding hydrogens is 620 g/mol. The molecule has 0 unspecified atom stereocenters. The molecule has 0 radical (unpaired) electrons. The van der Waals surface area contributed by atoms with Gasteiger partial charge in [0.2, 0.25) is 0 Å². The average molecular weight is 642 g/mol. The Kier molecular flexibility index (Phi) is 9.14. The van der Waals surface area contributed by atoms with Gasteiger partial charge in [0, 0.05) is 17.5 Å². The van der Waals surface area contributed by atoms with E-state index in [2.05, 4.69) is 10.3 Å². The van der Waals surface area contributed by atoms with Crippen molar-refractivity contribution in [2.45, 2.75) is 12.6 Å². The highest BCUT2D eigenvalue weighted by molar-refractivity contribution is 8.27. The Morgan fingerprint density at radius 3 is 2.60 bits per heavy atom. The van der Waals surface area contributed by atoms with Crippen molar-refractivity contribution >= 4 is 68.3 Å². The minimum atomic E-state index is -4.42. The van der Waals surface area contributed by atoms with Gasteiger partial charge in [-0.1, -0.05) is 66.4 Å². The number of nitrogens with one attached hydrogen (secondary N) is 1. The van der Waals surface area contributed by atoms with Crippen LogP contribution in [-0.2, 0) is 22.2 Å². The number of thioether (sulfide) groups is 1. The highest BCUT2D eigenvalue weighted by Gasteiger charge is 2.33. The standard InChI is InChI=1S/C30H22F3N3O4S3/c1-39-24-14-19(15-25-27(38)36(29(41)43-25)21-8-3-2-4-9-21)10-11-23(24)40-17-26(37)35-28-34-16-22(42-28)13-18-6-5-7-20(12-18)30(31,32)33/h2-12,14-16H,13,17H2,1H3,(H,34,35,37)/b25-15-. The maximum absolute atomic E-state index is 13.0. The summed E-state index contributed by atoms with van der Waals surface area (Å²) in [6.07, 6.45) is -0.957. The molecule has 3 aromatic carbocycles. The van der Waals surface area contributed by atoms with Gasteiger partial charge >= 0.3 is 6.18 Å². The minimum Gasteiger partial charge on any atom is -0.493 e. The summed E-state index contributed by atoms with van der Waals surface area (Å²) >= 11 is 7.78. The highest BCUT2D eigenvalue weighted by atomic mass is 32.2. The molecule has 1 saturated heterocycles. The molecule has 0 saturated carbocycles. The molecule has 4 aromatic rings. The number of alkyl halides is 3. The predicted molar refractivity (Wildman–Crippen MR) is 166 cm³/mol. The third kappa shape index (κ3) is 7.42. The second-order valence-corrected chi connectivity index (χ2v) is 11.9. The first-order valence-corrected chi connectivity index (χ1v) is 14.7. The van der Waals surface area contributed by atoms with E-state index in [4.69, 9.17) is 21.7 Å². The van der Waals surface area contributed by atoms with E-state index in [0.717, 1.165) is 23.5 Å². The van der Waals surface area contributed by atoms with E-state index in [1.54, 1.807) is 30.3 Å². The second kappa shape index (κ2) is 13.0. The number of rotatable bonds is 9. The minimum absolute atomic E-state index is 0.225. The maximum Gasteiger partial charge on any atom is 0.416 e. The first-order chi connectivity index (χ1) is 20.6. The SMILES string of the molecule is COc1cc(/C=C2\SC(=S)N(c3ccccc3)C2=O)ccc1OCC(=O)Nc1ncc(Cc2cccc(C(F)(F)F)c2)s1. The third-order valence-electron chi connectivity index (χ3n) is 6.08. The number of halogens is 3. The Labute approximate surface area is 258 Å². The van der Waals surface area contributed by atoms with Crippen LogP contribution in [-0.4, -0.2) is 34.8 Å². The highest BCUT2D eigenvalue weighted by Crippen LogP contribution is 2.37. The molecule has 7 nitrogen and oxygen atoms in total. The van der Waals surface area contributed by atoms with Crippen LogP contribution in [0.15, 0.2) is 83.9 Å². The first-order valence-electron chi connectivity index (χ1n) is 12.7. The number of amides is 2. The summed E-state index contributed by atoms with van der Waals surface area (Å²) in [6, 6.07) is 19.3. The maximum atomic E-state index is 13.0. The van der Waals surface area contributed by atoms with Crippen LogP contribution in [0.1, 0.15) is 21.6 Å². The van der Waals surface area contributed by atoms with Crippen LogP contribution in [0.2, 0.25) is 0 Å². The van der Waals surface area contributed by atoms with E-state index >= 15 is 0 Å². The van der Waals surface area contributed by atoms with Gasteiger partial charge in [-0.2, -0.15) is 13.2 Å². The van der Waals surface area contributed by atoms with Gasteiger partial charge in [-0.25, -0.2) is 4.98 Å². The quantitative estimate of drug-likeness (QED) is 0.153. The smallest absolute Gasteiger partial charge is 0.416 e. The van der Waals surface area contributed by atoms with Crippen LogP contribution in [0.3, 0.4) is 0 Å². The summed E-state index contributed by atoms with van der Waals surface area (Å²) in [5.74, 6) is -0.0262. The largest absolute Gasteiger partial charge is 0.493 e. The van der Waals surface area contributed by atoms with Crippen LogP contribution >= 0.6 is 35.3 Å². The molecule has 5 rings (SSSR count). The van der Waals surface area contributed by atoms with Crippen molar-refractivity contribution in [2.75, 3.05) is 23.9 Å². The topological polar surface area (TPSA) is 80.8 Å². The van der Waals surface area contributed by atoms with Gasteiger partial charge in [-0.15, -0.1) is 11.3 Å². The molecule has 1 aliphatic heterocycles. The lowest BCUT2D eigenvalue weighted by Gasteiger charge is -2.13. The Hall–Kier alpha value is -4.20. The van der Waals surface area contributed by atoms with E-state index in [1.807, 2.05) is 30.3 Å². The fourth-order valence-electron chi connectivity index (χ4n) is 4.12. The lowest BCUT2D eigenvalue weighted by molar-refractivity contribution is -0.137. The molecule has 2 amide bonds. The number of hydrogen-bond donors (Lipinski definition) is 1. The molecular formula is C30H22F3N3O4S3. The third-order valence-corrected chi connectivity index (χ3v) is 8.30. The molecule has 0 bridgehead atoms. The van der Waals surface area contributed by atoms with Gasteiger partial charge < -0.3 is 9.47 Å². The lowest BCUT2D eigenvalue weighted by atomic mass is 10.1. The lowest BCUT2D eigenvalue weighted by Crippen LogP contribution is -2.27. The van der Waals surface area contributed by atoms with Gasteiger partial charge in [0.05, 0.1) is 23.3 Å². The molecule has 1 N–H and O–H groups in total. The number of anilines is 2. The number of thiazole rings is 1. The summed E-state index contributed by atoms with van der Waals surface area (Å²) in [6.45, 7) is -0.339. The molecule has 1 fully saturated rings. The number of benzene rings is 3. The van der Waals surface area contributed by atoms with Crippen LogP contribution in [0.5, 0.6) is 11.5 Å². The fraction of sp³-hybridized carbons (Fsp3) is 0.133. The normalized spacial score (nSPS) is 14.3. The number of aromatic nitrogens is 1. The Balaban J connectivity index is 1.18. The molecule has 2 heterocycles. The van der Waals surface area contributed by atoms with Crippen molar-refractivity contribution in [1.82, 2.24) is 4.98 Å². The number of hydrogen-bond acceptors (Lipinski definition) is 8. The van der Waals surface area contributed by atoms with E-state index in [9.17, 15) is 22.8 Å². The van der Waals surface area contributed by atoms with Crippen molar-refractivity contribution in [2.24, 2.45) is 0 Å². The molecule has 0 atom stereocenters. The predicted octanol–water partition coefficient (Wildman–Crippen LogP) is 7.18. The zero-order valence-corrected chi connectivity index (χ0v) is 24.8. The van der Waals surface area contributed by atoms with Crippen molar-refractivity contribution in [3.8, 4) is 11.5 Å². The summed E-state index contributed by atoms with van der Waals surface area (Å²) < 4.78 is 50.5. The molecule has 43 heavy (non-hydrogen) atoms. The summed E-state index contributed by atoms with van der Waals surface area (Å²) in [5.41, 5.74) is 1.14. The van der Waals surface area contributed by atoms with Gasteiger partial charge in [-0.05, 0) is 47.5 Å². The van der Waals surface area contributed by atoms with Gasteiger partial charge in [-0.3, -0.25) is 19.8 Å². The van der Waals surface area contributed by atoms with E-state index in [-0.39, 0.29) is 18.9 Å². The van der Waals surface area contributed by atoms with Crippen LogP contribution in [0.25, 0.3) is 6.08 Å². The fourth-order valence-corrected chi connectivity index (χ4v) is 6.28. The molecule has 1 aliphatic rings. The summed E-state index contributed by atoms with van der Waals surface area (Å²) in [7, 11) is 1.46. The van der Waals surface area contributed by atoms with Gasteiger partial charge in [0.1, 0.15) is 0 Å². The molecule has 0 aliphatic carbocycles.